The Balaban J connectivity index is 1.72. The number of likely N-dealkylation sites (N-methyl/N-ethyl adjacent to an activating group) is 1. The Hall–Kier alpha value is -3.21. The van der Waals surface area contributed by atoms with Gasteiger partial charge in [0, 0.05) is 12.2 Å². The van der Waals surface area contributed by atoms with Crippen molar-refractivity contribution in [2.75, 3.05) is 35.8 Å². The molecule has 1 aliphatic heterocycles. The molecular weight excluding hydrogens is 524 g/mol. The molecule has 0 saturated heterocycles. The normalized spacial score (nSPS) is 15.3. The summed E-state index contributed by atoms with van der Waals surface area (Å²) < 4.78 is 62.4. The standard InChI is InChI=1S/C26H26ClF2N3O4S/c1-3-31(4-2)15-19-16-32(37(34,35)20-11-8-17(28)9-12-20)23-14-18(10-13-24(23)36-19)30-26(33)25-21(27)6-5-7-22(25)29/h5-14,19H,3-4,15-16H2,1-2H3,(H,30,33). The molecule has 1 amide bonds. The van der Waals surface area contributed by atoms with Crippen LogP contribution in [0.3, 0.4) is 0 Å². The monoisotopic (exact) mass is 549 g/mol. The fourth-order valence-corrected chi connectivity index (χ4v) is 5.87. The molecule has 37 heavy (non-hydrogen) atoms. The van der Waals surface area contributed by atoms with Gasteiger partial charge >= 0.3 is 0 Å². The maximum atomic E-state index is 14.2. The van der Waals surface area contributed by atoms with E-state index >= 15 is 0 Å². The minimum atomic E-state index is -4.11. The number of rotatable bonds is 8. The van der Waals surface area contributed by atoms with Crippen LogP contribution >= 0.6 is 11.6 Å². The third-order valence-electron chi connectivity index (χ3n) is 6.10. The van der Waals surface area contributed by atoms with E-state index in [9.17, 15) is 22.0 Å². The summed E-state index contributed by atoms with van der Waals surface area (Å²) in [6, 6.07) is 13.0. The van der Waals surface area contributed by atoms with Gasteiger partial charge in [-0.25, -0.2) is 17.2 Å². The minimum absolute atomic E-state index is 0.000247. The van der Waals surface area contributed by atoms with Gasteiger partial charge in [-0.05, 0) is 67.7 Å². The minimum Gasteiger partial charge on any atom is -0.485 e. The van der Waals surface area contributed by atoms with Gasteiger partial charge in [-0.2, -0.15) is 0 Å². The first-order chi connectivity index (χ1) is 17.6. The van der Waals surface area contributed by atoms with E-state index in [1.165, 1.54) is 40.7 Å². The van der Waals surface area contributed by atoms with Crippen LogP contribution in [0.25, 0.3) is 0 Å². The molecule has 0 fully saturated rings. The SMILES string of the molecule is CCN(CC)CC1CN(S(=O)(=O)c2ccc(F)cc2)c2cc(NC(=O)c3c(F)cccc3Cl)ccc2O1. The Kier molecular flexibility index (Phi) is 8.01. The van der Waals surface area contributed by atoms with Gasteiger partial charge in [0.2, 0.25) is 0 Å². The quantitative estimate of drug-likeness (QED) is 0.419. The molecule has 0 bridgehead atoms. The summed E-state index contributed by atoms with van der Waals surface area (Å²) in [4.78, 5) is 14.8. The second-order valence-corrected chi connectivity index (χ2v) is 10.7. The van der Waals surface area contributed by atoms with Crippen LogP contribution in [-0.2, 0) is 10.0 Å². The van der Waals surface area contributed by atoms with Crippen molar-refractivity contribution in [3.05, 3.63) is 82.9 Å². The highest BCUT2D eigenvalue weighted by molar-refractivity contribution is 7.92. The van der Waals surface area contributed by atoms with Crippen LogP contribution in [0, 0.1) is 11.6 Å². The summed E-state index contributed by atoms with van der Waals surface area (Å²) in [5.74, 6) is -1.83. The van der Waals surface area contributed by atoms with Crippen LogP contribution in [0.4, 0.5) is 20.2 Å². The van der Waals surface area contributed by atoms with Crippen molar-refractivity contribution in [2.45, 2.75) is 24.8 Å². The van der Waals surface area contributed by atoms with Gasteiger partial charge in [-0.3, -0.25) is 9.10 Å². The summed E-state index contributed by atoms with van der Waals surface area (Å²) >= 11 is 6.01. The van der Waals surface area contributed by atoms with Crippen LogP contribution in [-0.4, -0.2) is 51.5 Å². The summed E-state index contributed by atoms with van der Waals surface area (Å²) in [7, 11) is -4.11. The van der Waals surface area contributed by atoms with E-state index in [1.807, 2.05) is 13.8 Å². The van der Waals surface area contributed by atoms with Crippen molar-refractivity contribution in [1.82, 2.24) is 4.90 Å². The number of carbonyl (C=O) groups is 1. The largest absolute Gasteiger partial charge is 0.485 e. The molecule has 4 rings (SSSR count). The molecule has 7 nitrogen and oxygen atoms in total. The first-order valence-electron chi connectivity index (χ1n) is 11.7. The number of amides is 1. The van der Waals surface area contributed by atoms with E-state index < -0.39 is 33.7 Å². The molecule has 0 aliphatic carbocycles. The van der Waals surface area contributed by atoms with Gasteiger partial charge in [0.15, 0.2) is 0 Å². The first kappa shape index (κ1) is 26.8. The Morgan fingerprint density at radius 2 is 1.81 bits per heavy atom. The van der Waals surface area contributed by atoms with Gasteiger partial charge in [0.25, 0.3) is 15.9 Å². The number of hydrogen-bond donors (Lipinski definition) is 1. The Bertz CT molecular complexity index is 1380. The van der Waals surface area contributed by atoms with Crippen molar-refractivity contribution in [1.29, 1.82) is 0 Å². The molecule has 0 saturated carbocycles. The zero-order chi connectivity index (χ0) is 26.7. The highest BCUT2D eigenvalue weighted by atomic mass is 35.5. The molecule has 0 spiro atoms. The zero-order valence-electron chi connectivity index (χ0n) is 20.2. The number of nitrogens with one attached hydrogen (secondary N) is 1. The third kappa shape index (κ3) is 5.71. The van der Waals surface area contributed by atoms with E-state index in [2.05, 4.69) is 10.2 Å². The number of anilines is 2. The lowest BCUT2D eigenvalue weighted by Gasteiger charge is -2.37. The Morgan fingerprint density at radius 3 is 2.46 bits per heavy atom. The maximum absolute atomic E-state index is 14.2. The van der Waals surface area contributed by atoms with Crippen molar-refractivity contribution in [3.63, 3.8) is 0 Å². The molecule has 1 unspecified atom stereocenters. The predicted molar refractivity (Wildman–Crippen MR) is 139 cm³/mol. The molecule has 0 radical (unpaired) electrons. The van der Waals surface area contributed by atoms with E-state index in [4.69, 9.17) is 16.3 Å². The Labute approximate surface area is 219 Å². The van der Waals surface area contributed by atoms with Gasteiger partial charge in [-0.1, -0.05) is 31.5 Å². The smallest absolute Gasteiger partial charge is 0.264 e. The second kappa shape index (κ2) is 11.0. The molecular formula is C26H26ClF2N3O4S. The maximum Gasteiger partial charge on any atom is 0.264 e. The molecule has 1 heterocycles. The Morgan fingerprint density at radius 1 is 1.11 bits per heavy atom. The van der Waals surface area contributed by atoms with Crippen LogP contribution in [0.5, 0.6) is 5.75 Å². The molecule has 3 aromatic rings. The number of halogens is 3. The average Bonchev–Trinajstić information content (AvgIpc) is 2.87. The summed E-state index contributed by atoms with van der Waals surface area (Å²) in [5.41, 5.74) is 0.0823. The first-order valence-corrected chi connectivity index (χ1v) is 13.5. The van der Waals surface area contributed by atoms with Gasteiger partial charge in [-0.15, -0.1) is 0 Å². The molecule has 196 valence electrons. The van der Waals surface area contributed by atoms with E-state index in [1.54, 1.807) is 6.07 Å². The number of hydrogen-bond acceptors (Lipinski definition) is 5. The number of benzene rings is 3. The third-order valence-corrected chi connectivity index (χ3v) is 8.21. The zero-order valence-corrected chi connectivity index (χ0v) is 21.8. The van der Waals surface area contributed by atoms with E-state index in [0.717, 1.165) is 31.3 Å². The molecule has 0 aromatic heterocycles. The van der Waals surface area contributed by atoms with Crippen molar-refractivity contribution >= 4 is 38.9 Å². The number of nitrogens with zero attached hydrogens (tertiary/aromatic N) is 2. The van der Waals surface area contributed by atoms with Crippen LogP contribution in [0.1, 0.15) is 24.2 Å². The summed E-state index contributed by atoms with van der Waals surface area (Å²) in [6.45, 7) is 6.02. The van der Waals surface area contributed by atoms with Crippen molar-refractivity contribution in [2.24, 2.45) is 0 Å². The lowest BCUT2D eigenvalue weighted by molar-refractivity contribution is 0.102. The average molecular weight is 550 g/mol. The summed E-state index contributed by atoms with van der Waals surface area (Å²) in [6.07, 6.45) is -0.472. The van der Waals surface area contributed by atoms with Gasteiger partial charge in [0.1, 0.15) is 23.5 Å². The molecule has 11 heteroatoms. The lowest BCUT2D eigenvalue weighted by atomic mass is 10.1. The van der Waals surface area contributed by atoms with E-state index in [-0.39, 0.29) is 33.4 Å². The highest BCUT2D eigenvalue weighted by Crippen LogP contribution is 2.39. The van der Waals surface area contributed by atoms with Crippen LogP contribution < -0.4 is 14.4 Å². The van der Waals surface area contributed by atoms with Crippen LogP contribution in [0.2, 0.25) is 5.02 Å². The molecule has 1 atom stereocenters. The molecule has 3 aromatic carbocycles. The van der Waals surface area contributed by atoms with Crippen LogP contribution in [0.15, 0.2) is 65.6 Å². The lowest BCUT2D eigenvalue weighted by Crippen LogP contribution is -2.48. The van der Waals surface area contributed by atoms with Gasteiger partial charge in [0.05, 0.1) is 27.7 Å². The topological polar surface area (TPSA) is 79.0 Å². The number of carbonyl (C=O) groups excluding carboxylic acids is 1. The van der Waals surface area contributed by atoms with Crippen molar-refractivity contribution < 1.29 is 26.7 Å². The number of ether oxygens (including phenoxy) is 1. The predicted octanol–water partition coefficient (Wildman–Crippen LogP) is 5.17. The fourth-order valence-electron chi connectivity index (χ4n) is 4.12. The highest BCUT2D eigenvalue weighted by Gasteiger charge is 2.35. The van der Waals surface area contributed by atoms with Gasteiger partial charge < -0.3 is 15.0 Å². The molecule has 1 N–H and O–H groups in total. The van der Waals surface area contributed by atoms with E-state index in [0.29, 0.717) is 12.3 Å². The van der Waals surface area contributed by atoms with Crippen molar-refractivity contribution in [3.8, 4) is 5.75 Å². The molecule has 1 aliphatic rings. The second-order valence-electron chi connectivity index (χ2n) is 8.45. The number of fused-ring (bicyclic) bond motifs is 1. The fraction of sp³-hybridized carbons (Fsp3) is 0.269. The summed E-state index contributed by atoms with van der Waals surface area (Å²) in [5, 5.41) is 2.52. The number of sulfonamides is 1.